The number of benzene rings is 3. The van der Waals surface area contributed by atoms with E-state index in [0.29, 0.717) is 27.7 Å². The van der Waals surface area contributed by atoms with Crippen LogP contribution in [0.2, 0.25) is 0 Å². The van der Waals surface area contributed by atoms with Crippen LogP contribution < -0.4 is 0 Å². The first-order valence-corrected chi connectivity index (χ1v) is 7.62. The summed E-state index contributed by atoms with van der Waals surface area (Å²) in [5.74, 6) is -0.507. The maximum Gasteiger partial charge on any atom is 0.209 e. The van der Waals surface area contributed by atoms with E-state index < -0.39 is 0 Å². The largest absolute Gasteiger partial charge is 0.392 e. The zero-order chi connectivity index (χ0) is 16.7. The highest BCUT2D eigenvalue weighted by molar-refractivity contribution is 6.14. The van der Waals surface area contributed by atoms with Crippen molar-refractivity contribution in [2.45, 2.75) is 6.61 Å². The Labute approximate surface area is 137 Å². The Kier molecular flexibility index (Phi) is 3.40. The van der Waals surface area contributed by atoms with E-state index in [1.54, 1.807) is 42.5 Å². The van der Waals surface area contributed by atoms with Gasteiger partial charge in [-0.25, -0.2) is 4.39 Å². The predicted molar refractivity (Wildman–Crippen MR) is 91.6 cm³/mol. The number of aromatic nitrogens is 1. The van der Waals surface area contributed by atoms with Crippen LogP contribution in [0.1, 0.15) is 21.6 Å². The van der Waals surface area contributed by atoms with E-state index in [-0.39, 0.29) is 18.2 Å². The molecule has 0 aliphatic heterocycles. The second-order valence-corrected chi connectivity index (χ2v) is 5.74. The van der Waals surface area contributed by atoms with Crippen molar-refractivity contribution in [1.82, 2.24) is 4.98 Å². The Hall–Kier alpha value is -2.98. The molecule has 1 aromatic heterocycles. The number of nitrogens with one attached hydrogen (secondary N) is 1. The number of carbonyl (C=O) groups excluding carboxylic acids is 1. The first-order valence-electron chi connectivity index (χ1n) is 7.62. The molecule has 0 radical (unpaired) electrons. The molecule has 0 amide bonds. The van der Waals surface area contributed by atoms with Gasteiger partial charge in [-0.3, -0.25) is 4.79 Å². The fourth-order valence-corrected chi connectivity index (χ4v) is 3.03. The summed E-state index contributed by atoms with van der Waals surface area (Å²) >= 11 is 0. The van der Waals surface area contributed by atoms with Gasteiger partial charge in [-0.05, 0) is 29.1 Å². The standard InChI is InChI=1S/C20H14FNO2/c21-17-10-18-16(14-6-1-2-7-15(14)17)9-19(22-18)20(24)13-5-3-4-12(8-13)11-23/h1-10,22-23H,11H2. The van der Waals surface area contributed by atoms with Crippen molar-refractivity contribution in [1.29, 1.82) is 0 Å². The second kappa shape index (κ2) is 5.58. The molecule has 0 bridgehead atoms. The highest BCUT2D eigenvalue weighted by Crippen LogP contribution is 2.29. The van der Waals surface area contributed by atoms with Crippen LogP contribution in [0.15, 0.2) is 60.7 Å². The third kappa shape index (κ3) is 2.28. The van der Waals surface area contributed by atoms with Gasteiger partial charge < -0.3 is 10.1 Å². The van der Waals surface area contributed by atoms with Gasteiger partial charge in [0.05, 0.1) is 12.3 Å². The number of halogens is 1. The minimum atomic E-state index is -0.318. The molecule has 4 heteroatoms. The number of H-pyrrole nitrogens is 1. The van der Waals surface area contributed by atoms with Gasteiger partial charge in [0.15, 0.2) is 0 Å². The number of rotatable bonds is 3. The summed E-state index contributed by atoms with van der Waals surface area (Å²) in [7, 11) is 0. The number of hydrogen-bond donors (Lipinski definition) is 2. The van der Waals surface area contributed by atoms with Gasteiger partial charge in [0, 0.05) is 21.9 Å². The summed E-state index contributed by atoms with van der Waals surface area (Å²) in [6, 6.07) is 17.2. The zero-order valence-corrected chi connectivity index (χ0v) is 12.7. The lowest BCUT2D eigenvalue weighted by molar-refractivity contribution is 0.103. The van der Waals surface area contributed by atoms with Gasteiger partial charge in [-0.2, -0.15) is 0 Å². The lowest BCUT2D eigenvalue weighted by atomic mass is 10.0. The number of fused-ring (bicyclic) bond motifs is 3. The summed E-state index contributed by atoms with van der Waals surface area (Å²) in [6.45, 7) is -0.121. The van der Waals surface area contributed by atoms with E-state index in [0.717, 1.165) is 10.8 Å². The number of aliphatic hydroxyl groups is 1. The highest BCUT2D eigenvalue weighted by Gasteiger charge is 2.15. The number of carbonyl (C=O) groups is 1. The summed E-state index contributed by atoms with van der Waals surface area (Å²) in [5.41, 5.74) is 2.15. The second-order valence-electron chi connectivity index (χ2n) is 5.74. The smallest absolute Gasteiger partial charge is 0.209 e. The van der Waals surface area contributed by atoms with Crippen molar-refractivity contribution in [3.05, 3.63) is 83.3 Å². The molecule has 0 unspecified atom stereocenters. The molecule has 3 aromatic carbocycles. The molecule has 0 spiro atoms. The van der Waals surface area contributed by atoms with Crippen molar-refractivity contribution in [3.8, 4) is 0 Å². The third-order valence-corrected chi connectivity index (χ3v) is 4.21. The maximum atomic E-state index is 14.2. The van der Waals surface area contributed by atoms with Crippen LogP contribution in [-0.4, -0.2) is 15.9 Å². The zero-order valence-electron chi connectivity index (χ0n) is 12.7. The van der Waals surface area contributed by atoms with Crippen LogP contribution in [0.4, 0.5) is 4.39 Å². The Morgan fingerprint density at radius 1 is 0.958 bits per heavy atom. The van der Waals surface area contributed by atoms with Crippen molar-refractivity contribution < 1.29 is 14.3 Å². The van der Waals surface area contributed by atoms with Crippen molar-refractivity contribution >= 4 is 27.5 Å². The molecule has 0 atom stereocenters. The van der Waals surface area contributed by atoms with E-state index in [1.165, 1.54) is 6.07 Å². The van der Waals surface area contributed by atoms with Crippen LogP contribution in [0.25, 0.3) is 21.7 Å². The van der Waals surface area contributed by atoms with Gasteiger partial charge in [0.25, 0.3) is 0 Å². The first kappa shape index (κ1) is 14.6. The Bertz CT molecular complexity index is 1080. The van der Waals surface area contributed by atoms with Gasteiger partial charge in [-0.1, -0.05) is 42.5 Å². The van der Waals surface area contributed by atoms with Crippen molar-refractivity contribution in [2.75, 3.05) is 0 Å². The molecule has 0 saturated carbocycles. The average Bonchev–Trinajstić information content (AvgIpc) is 3.05. The Morgan fingerprint density at radius 2 is 1.75 bits per heavy atom. The third-order valence-electron chi connectivity index (χ3n) is 4.21. The molecule has 24 heavy (non-hydrogen) atoms. The molecule has 4 aromatic rings. The van der Waals surface area contributed by atoms with Crippen LogP contribution in [0.5, 0.6) is 0 Å². The molecule has 118 valence electrons. The van der Waals surface area contributed by atoms with E-state index >= 15 is 0 Å². The maximum absolute atomic E-state index is 14.2. The van der Waals surface area contributed by atoms with Crippen LogP contribution in [0.3, 0.4) is 0 Å². The monoisotopic (exact) mass is 319 g/mol. The molecule has 3 nitrogen and oxygen atoms in total. The van der Waals surface area contributed by atoms with Gasteiger partial charge in [0.1, 0.15) is 5.82 Å². The molecule has 2 N–H and O–H groups in total. The molecule has 0 fully saturated rings. The number of aliphatic hydroxyl groups excluding tert-OH is 1. The summed E-state index contributed by atoms with van der Waals surface area (Å²) in [4.78, 5) is 15.7. The van der Waals surface area contributed by atoms with Gasteiger partial charge in [0.2, 0.25) is 5.78 Å². The number of aromatic amines is 1. The van der Waals surface area contributed by atoms with Crippen molar-refractivity contribution in [3.63, 3.8) is 0 Å². The van der Waals surface area contributed by atoms with E-state index in [2.05, 4.69) is 4.98 Å². The fraction of sp³-hybridized carbons (Fsp3) is 0.0500. The summed E-state index contributed by atoms with van der Waals surface area (Å²) in [5, 5.41) is 11.3. The number of hydrogen-bond acceptors (Lipinski definition) is 2. The fourth-order valence-electron chi connectivity index (χ4n) is 3.03. The van der Waals surface area contributed by atoms with E-state index in [1.807, 2.05) is 12.1 Å². The summed E-state index contributed by atoms with van der Waals surface area (Å²) < 4.78 is 14.2. The van der Waals surface area contributed by atoms with Crippen LogP contribution >= 0.6 is 0 Å². The molecular formula is C20H14FNO2. The lowest BCUT2D eigenvalue weighted by Crippen LogP contribution is -2.02. The average molecular weight is 319 g/mol. The molecular weight excluding hydrogens is 305 g/mol. The molecule has 0 aliphatic carbocycles. The minimum absolute atomic E-state index is 0.121. The molecule has 0 aliphatic rings. The molecule has 0 saturated heterocycles. The van der Waals surface area contributed by atoms with Crippen LogP contribution in [0, 0.1) is 5.82 Å². The van der Waals surface area contributed by atoms with Crippen LogP contribution in [-0.2, 0) is 6.61 Å². The van der Waals surface area contributed by atoms with Gasteiger partial charge >= 0.3 is 0 Å². The van der Waals surface area contributed by atoms with E-state index in [4.69, 9.17) is 0 Å². The molecule has 4 rings (SSSR count). The SMILES string of the molecule is O=C(c1cccc(CO)c1)c1cc2c(cc(F)c3ccccc32)[nH]1. The topological polar surface area (TPSA) is 53.1 Å². The highest BCUT2D eigenvalue weighted by atomic mass is 19.1. The first-order chi connectivity index (χ1) is 11.7. The summed E-state index contributed by atoms with van der Waals surface area (Å²) in [6.07, 6.45) is 0. The lowest BCUT2D eigenvalue weighted by Gasteiger charge is -2.01. The molecule has 1 heterocycles. The quantitative estimate of drug-likeness (QED) is 0.557. The number of ketones is 1. The predicted octanol–water partition coefficient (Wildman–Crippen LogP) is 4.18. The van der Waals surface area contributed by atoms with Gasteiger partial charge in [-0.15, -0.1) is 0 Å². The van der Waals surface area contributed by atoms with Crippen molar-refractivity contribution in [2.24, 2.45) is 0 Å². The normalized spacial score (nSPS) is 11.2. The minimum Gasteiger partial charge on any atom is -0.392 e. The van der Waals surface area contributed by atoms with E-state index in [9.17, 15) is 14.3 Å². The Balaban J connectivity index is 1.88. The Morgan fingerprint density at radius 3 is 2.54 bits per heavy atom.